The second-order valence-electron chi connectivity index (χ2n) is 5.61. The third kappa shape index (κ3) is 2.43. The van der Waals surface area contributed by atoms with Crippen molar-refractivity contribution in [3.63, 3.8) is 0 Å². The van der Waals surface area contributed by atoms with Crippen LogP contribution in [0.1, 0.15) is 26.3 Å². The first kappa shape index (κ1) is 14.2. The van der Waals surface area contributed by atoms with Gasteiger partial charge in [-0.05, 0) is 23.1 Å². The van der Waals surface area contributed by atoms with Crippen molar-refractivity contribution in [3.05, 3.63) is 23.9 Å². The van der Waals surface area contributed by atoms with Gasteiger partial charge >= 0.3 is 0 Å². The molecule has 2 rings (SSSR count). The molecule has 1 aromatic carbocycles. The van der Waals surface area contributed by atoms with E-state index in [1.165, 1.54) is 0 Å². The van der Waals surface area contributed by atoms with Crippen LogP contribution in [0.4, 0.5) is 5.88 Å². The normalized spacial score (nSPS) is 11.4. The minimum Gasteiger partial charge on any atom is -0.493 e. The van der Waals surface area contributed by atoms with Gasteiger partial charge in [-0.2, -0.15) is 0 Å². The molecule has 0 aliphatic rings. The summed E-state index contributed by atoms with van der Waals surface area (Å²) in [5.74, 6) is 1.54. The van der Waals surface area contributed by atoms with E-state index >= 15 is 0 Å². The summed E-state index contributed by atoms with van der Waals surface area (Å²) in [6, 6.07) is 4.01. The van der Waals surface area contributed by atoms with Gasteiger partial charge in [-0.3, -0.25) is 0 Å². The summed E-state index contributed by atoms with van der Waals surface area (Å²) in [4.78, 5) is 0. The van der Waals surface area contributed by atoms with Gasteiger partial charge in [0.25, 0.3) is 0 Å². The Hall–Kier alpha value is -2.17. The van der Waals surface area contributed by atoms with E-state index in [0.717, 1.165) is 11.1 Å². The van der Waals surface area contributed by atoms with E-state index in [4.69, 9.17) is 19.7 Å². The van der Waals surface area contributed by atoms with Gasteiger partial charge < -0.3 is 19.7 Å². The van der Waals surface area contributed by atoms with E-state index in [1.807, 2.05) is 12.1 Å². The number of ether oxygens (including phenoxy) is 2. The predicted octanol–water partition coefficient (Wildman–Crippen LogP) is 3.24. The highest BCUT2D eigenvalue weighted by Gasteiger charge is 2.22. The summed E-state index contributed by atoms with van der Waals surface area (Å²) in [7, 11) is 3.22. The van der Waals surface area contributed by atoms with E-state index in [0.29, 0.717) is 17.1 Å². The molecule has 0 aliphatic carbocycles. The lowest BCUT2D eigenvalue weighted by atomic mass is 9.85. The van der Waals surface area contributed by atoms with Crippen molar-refractivity contribution in [1.29, 1.82) is 0 Å². The van der Waals surface area contributed by atoms with Crippen LogP contribution in [0.2, 0.25) is 0 Å². The van der Waals surface area contributed by atoms with Crippen molar-refractivity contribution in [1.82, 2.24) is 5.16 Å². The lowest BCUT2D eigenvalue weighted by Gasteiger charge is -2.22. The lowest BCUT2D eigenvalue weighted by Crippen LogP contribution is -2.12. The first-order valence-corrected chi connectivity index (χ1v) is 6.35. The standard InChI is InChI=1S/C15H20N2O3/c1-15(2,3)9-6-10(11-8-17-20-14(11)16)13(19-5)12(7-9)18-4/h6-8H,16H2,1-5H3. The topological polar surface area (TPSA) is 70.5 Å². The second-order valence-corrected chi connectivity index (χ2v) is 5.61. The molecule has 20 heavy (non-hydrogen) atoms. The number of anilines is 1. The minimum absolute atomic E-state index is 0.0276. The van der Waals surface area contributed by atoms with Gasteiger partial charge in [0, 0.05) is 5.56 Å². The van der Waals surface area contributed by atoms with E-state index in [2.05, 4.69) is 25.9 Å². The first-order valence-electron chi connectivity index (χ1n) is 6.35. The molecule has 5 nitrogen and oxygen atoms in total. The molecule has 0 aliphatic heterocycles. The lowest BCUT2D eigenvalue weighted by molar-refractivity contribution is 0.355. The van der Waals surface area contributed by atoms with Crippen molar-refractivity contribution < 1.29 is 14.0 Å². The van der Waals surface area contributed by atoms with Gasteiger partial charge in [0.05, 0.1) is 26.0 Å². The van der Waals surface area contributed by atoms with Gasteiger partial charge in [-0.25, -0.2) is 0 Å². The number of hydrogen-bond donors (Lipinski definition) is 1. The van der Waals surface area contributed by atoms with Crippen LogP contribution in [0.3, 0.4) is 0 Å². The Morgan fingerprint density at radius 3 is 2.25 bits per heavy atom. The summed E-state index contributed by atoms with van der Waals surface area (Å²) in [5, 5.41) is 3.72. The minimum atomic E-state index is -0.0276. The number of hydrogen-bond acceptors (Lipinski definition) is 5. The van der Waals surface area contributed by atoms with E-state index < -0.39 is 0 Å². The fraction of sp³-hybridized carbons (Fsp3) is 0.400. The van der Waals surface area contributed by atoms with E-state index in [-0.39, 0.29) is 11.3 Å². The number of nitrogens with two attached hydrogens (primary N) is 1. The quantitative estimate of drug-likeness (QED) is 0.931. The van der Waals surface area contributed by atoms with E-state index in [1.54, 1.807) is 20.4 Å². The van der Waals surface area contributed by atoms with Crippen LogP contribution >= 0.6 is 0 Å². The average Bonchev–Trinajstić information content (AvgIpc) is 2.82. The van der Waals surface area contributed by atoms with Crippen LogP contribution in [0, 0.1) is 0 Å². The number of rotatable bonds is 3. The maximum absolute atomic E-state index is 5.82. The summed E-state index contributed by atoms with van der Waals surface area (Å²) in [6.45, 7) is 6.40. The van der Waals surface area contributed by atoms with Gasteiger partial charge in [0.2, 0.25) is 5.88 Å². The Morgan fingerprint density at radius 2 is 1.80 bits per heavy atom. The number of nitrogen functional groups attached to an aromatic ring is 1. The Kier molecular flexibility index (Phi) is 3.61. The van der Waals surface area contributed by atoms with Crippen LogP contribution in [-0.4, -0.2) is 19.4 Å². The van der Waals surface area contributed by atoms with Crippen molar-refractivity contribution in [2.24, 2.45) is 0 Å². The zero-order valence-corrected chi connectivity index (χ0v) is 12.5. The first-order chi connectivity index (χ1) is 9.38. The maximum atomic E-state index is 5.82. The highest BCUT2D eigenvalue weighted by Crippen LogP contribution is 2.43. The molecule has 0 spiro atoms. The van der Waals surface area contributed by atoms with Gasteiger partial charge in [-0.1, -0.05) is 25.9 Å². The Balaban J connectivity index is 2.74. The second kappa shape index (κ2) is 5.07. The summed E-state index contributed by atoms with van der Waals surface area (Å²) < 4.78 is 15.8. The monoisotopic (exact) mass is 276 g/mol. The zero-order chi connectivity index (χ0) is 14.9. The fourth-order valence-electron chi connectivity index (χ4n) is 2.05. The van der Waals surface area contributed by atoms with Gasteiger partial charge in [0.1, 0.15) is 0 Å². The molecule has 0 saturated heterocycles. The summed E-state index contributed by atoms with van der Waals surface area (Å²) >= 11 is 0. The molecule has 0 fully saturated rings. The maximum Gasteiger partial charge on any atom is 0.230 e. The molecule has 2 N–H and O–H groups in total. The fourth-order valence-corrected chi connectivity index (χ4v) is 2.05. The molecular weight excluding hydrogens is 256 g/mol. The van der Waals surface area contributed by atoms with Crippen LogP contribution in [-0.2, 0) is 5.41 Å². The SMILES string of the molecule is COc1cc(C(C)(C)C)cc(-c2cnoc2N)c1OC. The van der Waals surface area contributed by atoms with Crippen LogP contribution < -0.4 is 15.2 Å². The van der Waals surface area contributed by atoms with Crippen molar-refractivity contribution in [2.45, 2.75) is 26.2 Å². The molecular formula is C15H20N2O3. The number of nitrogens with zero attached hydrogens (tertiary/aromatic N) is 1. The number of aromatic nitrogens is 1. The molecule has 5 heteroatoms. The predicted molar refractivity (Wildman–Crippen MR) is 78.2 cm³/mol. The molecule has 0 bridgehead atoms. The molecule has 0 amide bonds. The van der Waals surface area contributed by atoms with Crippen molar-refractivity contribution in [3.8, 4) is 22.6 Å². The number of benzene rings is 1. The Morgan fingerprint density at radius 1 is 1.10 bits per heavy atom. The number of methoxy groups -OCH3 is 2. The molecule has 0 saturated carbocycles. The Labute approximate surface area is 118 Å². The largest absolute Gasteiger partial charge is 0.493 e. The molecule has 1 heterocycles. The molecule has 2 aromatic rings. The molecule has 0 radical (unpaired) electrons. The highest BCUT2D eigenvalue weighted by molar-refractivity contribution is 5.80. The van der Waals surface area contributed by atoms with Gasteiger partial charge in [0.15, 0.2) is 11.5 Å². The smallest absolute Gasteiger partial charge is 0.230 e. The van der Waals surface area contributed by atoms with Crippen LogP contribution in [0.5, 0.6) is 11.5 Å². The van der Waals surface area contributed by atoms with E-state index in [9.17, 15) is 0 Å². The molecule has 0 atom stereocenters. The van der Waals surface area contributed by atoms with Gasteiger partial charge in [-0.15, -0.1) is 0 Å². The Bertz CT molecular complexity index is 612. The summed E-state index contributed by atoms with van der Waals surface area (Å²) in [5.41, 5.74) is 8.43. The van der Waals surface area contributed by atoms with Crippen molar-refractivity contribution in [2.75, 3.05) is 20.0 Å². The zero-order valence-electron chi connectivity index (χ0n) is 12.5. The molecule has 0 unspecified atom stereocenters. The molecule has 1 aromatic heterocycles. The average molecular weight is 276 g/mol. The molecule has 108 valence electrons. The highest BCUT2D eigenvalue weighted by atomic mass is 16.5. The van der Waals surface area contributed by atoms with Crippen LogP contribution in [0.25, 0.3) is 11.1 Å². The summed E-state index contributed by atoms with van der Waals surface area (Å²) in [6.07, 6.45) is 1.58. The third-order valence-corrected chi connectivity index (χ3v) is 3.23. The third-order valence-electron chi connectivity index (χ3n) is 3.23. The van der Waals surface area contributed by atoms with Crippen molar-refractivity contribution >= 4 is 5.88 Å². The van der Waals surface area contributed by atoms with Crippen LogP contribution in [0.15, 0.2) is 22.9 Å².